The highest BCUT2D eigenvalue weighted by atomic mass is 19.1. The van der Waals surface area contributed by atoms with Gasteiger partial charge in [0.15, 0.2) is 0 Å². The highest BCUT2D eigenvalue weighted by molar-refractivity contribution is 6.03. The van der Waals surface area contributed by atoms with Gasteiger partial charge in [0.25, 0.3) is 11.5 Å². The Labute approximate surface area is 162 Å². The molecule has 4 rings (SSSR count). The summed E-state index contributed by atoms with van der Waals surface area (Å²) in [6, 6.07) is 6.71. The van der Waals surface area contributed by atoms with E-state index in [9.17, 15) is 22.8 Å². The van der Waals surface area contributed by atoms with Crippen LogP contribution < -0.4 is 10.9 Å². The Bertz CT molecular complexity index is 1330. The summed E-state index contributed by atoms with van der Waals surface area (Å²) in [7, 11) is 1.66. The molecule has 1 amide bonds. The molecule has 0 radical (unpaired) electrons. The number of aryl methyl sites for hydroxylation is 1. The summed E-state index contributed by atoms with van der Waals surface area (Å²) >= 11 is 0. The van der Waals surface area contributed by atoms with Gasteiger partial charge in [-0.2, -0.15) is 5.10 Å². The minimum absolute atomic E-state index is 0.00774. The number of amides is 1. The Morgan fingerprint density at radius 1 is 1.07 bits per heavy atom. The number of rotatable bonds is 4. The molecule has 6 nitrogen and oxygen atoms in total. The van der Waals surface area contributed by atoms with Gasteiger partial charge < -0.3 is 9.88 Å². The minimum atomic E-state index is -0.975. The van der Waals surface area contributed by atoms with E-state index < -0.39 is 23.4 Å². The molecule has 29 heavy (non-hydrogen) atoms. The first kappa shape index (κ1) is 18.7. The van der Waals surface area contributed by atoms with Crippen LogP contribution in [-0.2, 0) is 13.6 Å². The Morgan fingerprint density at radius 3 is 2.55 bits per heavy atom. The smallest absolute Gasteiger partial charge is 0.262 e. The topological polar surface area (TPSA) is 68.9 Å². The van der Waals surface area contributed by atoms with Crippen molar-refractivity contribution in [3.63, 3.8) is 0 Å². The van der Waals surface area contributed by atoms with Crippen molar-refractivity contribution in [3.8, 4) is 0 Å². The molecule has 0 saturated heterocycles. The molecule has 0 aliphatic rings. The predicted octanol–water partition coefficient (Wildman–Crippen LogP) is 2.74. The van der Waals surface area contributed by atoms with E-state index in [0.717, 1.165) is 12.1 Å². The second kappa shape index (κ2) is 7.08. The third kappa shape index (κ3) is 3.24. The zero-order chi connectivity index (χ0) is 20.7. The molecule has 2 aromatic heterocycles. The lowest BCUT2D eigenvalue weighted by molar-refractivity contribution is 0.0948. The molecule has 0 atom stereocenters. The average Bonchev–Trinajstić information content (AvgIpc) is 3.06. The maximum atomic E-state index is 13.8. The van der Waals surface area contributed by atoms with Crippen molar-refractivity contribution in [1.82, 2.24) is 19.7 Å². The van der Waals surface area contributed by atoms with Gasteiger partial charge in [-0.15, -0.1) is 0 Å². The summed E-state index contributed by atoms with van der Waals surface area (Å²) in [6.45, 7) is 0.0775. The van der Waals surface area contributed by atoms with E-state index in [0.29, 0.717) is 27.9 Å². The van der Waals surface area contributed by atoms with Crippen LogP contribution in [-0.4, -0.2) is 26.8 Å². The number of carbonyl (C=O) groups is 1. The van der Waals surface area contributed by atoms with Crippen molar-refractivity contribution in [1.29, 1.82) is 0 Å². The van der Waals surface area contributed by atoms with E-state index in [4.69, 9.17) is 0 Å². The van der Waals surface area contributed by atoms with Crippen molar-refractivity contribution in [2.75, 3.05) is 6.54 Å². The number of halogens is 3. The van der Waals surface area contributed by atoms with E-state index >= 15 is 0 Å². The first-order valence-electron chi connectivity index (χ1n) is 8.74. The van der Waals surface area contributed by atoms with Crippen LogP contribution in [0.1, 0.15) is 10.4 Å². The van der Waals surface area contributed by atoms with Crippen LogP contribution in [0.3, 0.4) is 0 Å². The van der Waals surface area contributed by atoms with Gasteiger partial charge in [-0.05, 0) is 30.3 Å². The van der Waals surface area contributed by atoms with Gasteiger partial charge in [-0.25, -0.2) is 13.2 Å². The molecule has 148 valence electrons. The van der Waals surface area contributed by atoms with Crippen LogP contribution in [0.5, 0.6) is 0 Å². The number of nitrogens with one attached hydrogen (secondary N) is 1. The fourth-order valence-corrected chi connectivity index (χ4v) is 3.37. The van der Waals surface area contributed by atoms with Gasteiger partial charge in [-0.3, -0.25) is 14.3 Å². The third-order valence-corrected chi connectivity index (χ3v) is 4.72. The van der Waals surface area contributed by atoms with E-state index in [-0.39, 0.29) is 24.2 Å². The molecule has 9 heteroatoms. The van der Waals surface area contributed by atoms with Crippen LogP contribution in [0.4, 0.5) is 13.2 Å². The van der Waals surface area contributed by atoms with E-state index in [1.165, 1.54) is 33.6 Å². The summed E-state index contributed by atoms with van der Waals surface area (Å²) in [4.78, 5) is 25.0. The number of carbonyl (C=O) groups excluding carboxylic acids is 1. The zero-order valence-electron chi connectivity index (χ0n) is 15.2. The second-order valence-electron chi connectivity index (χ2n) is 6.53. The van der Waals surface area contributed by atoms with Crippen LogP contribution in [0, 0.1) is 17.5 Å². The molecule has 0 saturated carbocycles. The van der Waals surface area contributed by atoms with Crippen LogP contribution in [0.25, 0.3) is 21.8 Å². The monoisotopic (exact) mass is 400 g/mol. The Kier molecular flexibility index (Phi) is 4.57. The molecule has 0 spiro atoms. The molecule has 0 unspecified atom stereocenters. The van der Waals surface area contributed by atoms with Gasteiger partial charge in [-0.1, -0.05) is 0 Å². The number of fused-ring (bicyclic) bond motifs is 3. The molecule has 2 heterocycles. The lowest BCUT2D eigenvalue weighted by atomic mass is 10.1. The number of aromatic nitrogens is 3. The largest absolute Gasteiger partial charge is 0.350 e. The van der Waals surface area contributed by atoms with Crippen molar-refractivity contribution >= 4 is 27.7 Å². The molecular weight excluding hydrogens is 385 g/mol. The molecule has 0 aliphatic carbocycles. The quantitative estimate of drug-likeness (QED) is 0.573. The van der Waals surface area contributed by atoms with Gasteiger partial charge >= 0.3 is 0 Å². The maximum absolute atomic E-state index is 13.8. The van der Waals surface area contributed by atoms with Gasteiger partial charge in [0.05, 0.1) is 28.2 Å². The molecule has 0 fully saturated rings. The zero-order valence-corrected chi connectivity index (χ0v) is 15.2. The fraction of sp³-hybridized carbons (Fsp3) is 0.150. The molecular formula is C20H15F3N4O2. The lowest BCUT2D eigenvalue weighted by Gasteiger charge is -2.13. The van der Waals surface area contributed by atoms with Crippen molar-refractivity contribution in [2.45, 2.75) is 6.54 Å². The third-order valence-electron chi connectivity index (χ3n) is 4.72. The summed E-state index contributed by atoms with van der Waals surface area (Å²) in [5, 5.41) is 7.42. The van der Waals surface area contributed by atoms with Gasteiger partial charge in [0.2, 0.25) is 0 Å². The van der Waals surface area contributed by atoms with Crippen LogP contribution in [0.15, 0.2) is 47.4 Å². The summed E-state index contributed by atoms with van der Waals surface area (Å²) in [5.74, 6) is -2.94. The molecule has 0 bridgehead atoms. The Hall–Kier alpha value is -3.62. The number of nitrogens with zero attached hydrogens (tertiary/aromatic N) is 3. The number of hydrogen-bond acceptors (Lipinski definition) is 3. The first-order valence-corrected chi connectivity index (χ1v) is 8.74. The minimum Gasteiger partial charge on any atom is -0.350 e. The molecule has 1 N–H and O–H groups in total. The maximum Gasteiger partial charge on any atom is 0.262 e. The van der Waals surface area contributed by atoms with E-state index in [1.54, 1.807) is 7.05 Å². The number of benzene rings is 2. The van der Waals surface area contributed by atoms with E-state index in [1.807, 2.05) is 0 Å². The second-order valence-corrected chi connectivity index (χ2v) is 6.53. The van der Waals surface area contributed by atoms with Crippen molar-refractivity contribution in [3.05, 3.63) is 76.0 Å². The molecule has 2 aromatic carbocycles. The predicted molar refractivity (Wildman–Crippen MR) is 101 cm³/mol. The molecule has 4 aromatic rings. The van der Waals surface area contributed by atoms with Gasteiger partial charge in [0, 0.05) is 31.6 Å². The summed E-state index contributed by atoms with van der Waals surface area (Å²) in [6.07, 6.45) is 1.41. The standard InChI is InChI=1S/C20H15F3N4O2/c1-26-18-14-8-11(21)3-5-17(14)27(20(29)15(18)10-25-26)7-6-24-19(28)13-4-2-12(22)9-16(13)23/h2-5,8-10H,6-7H2,1H3,(H,24,28). The fourth-order valence-electron chi connectivity index (χ4n) is 3.37. The highest BCUT2D eigenvalue weighted by Gasteiger charge is 2.16. The molecule has 0 aliphatic heterocycles. The normalized spacial score (nSPS) is 11.3. The number of pyridine rings is 1. The summed E-state index contributed by atoms with van der Waals surface area (Å²) in [5.41, 5.74) is 0.357. The first-order chi connectivity index (χ1) is 13.9. The highest BCUT2D eigenvalue weighted by Crippen LogP contribution is 2.23. The van der Waals surface area contributed by atoms with Crippen LogP contribution >= 0.6 is 0 Å². The SMILES string of the molecule is Cn1ncc2c(=O)n(CCNC(=O)c3ccc(F)cc3F)c3ccc(F)cc3c21. The van der Waals surface area contributed by atoms with Crippen molar-refractivity contribution in [2.24, 2.45) is 7.05 Å². The number of hydrogen-bond donors (Lipinski definition) is 1. The Morgan fingerprint density at radius 2 is 1.79 bits per heavy atom. The van der Waals surface area contributed by atoms with Gasteiger partial charge in [0.1, 0.15) is 17.5 Å². The van der Waals surface area contributed by atoms with Crippen molar-refractivity contribution < 1.29 is 18.0 Å². The summed E-state index contributed by atoms with van der Waals surface area (Å²) < 4.78 is 43.4. The van der Waals surface area contributed by atoms with E-state index in [2.05, 4.69) is 10.4 Å². The lowest BCUT2D eigenvalue weighted by Crippen LogP contribution is -2.31. The average molecular weight is 400 g/mol. The Balaban J connectivity index is 1.66. The van der Waals surface area contributed by atoms with Crippen LogP contribution in [0.2, 0.25) is 0 Å².